The number of nitro groups is 1. The first-order valence-electron chi connectivity index (χ1n) is 9.42. The molecule has 0 radical (unpaired) electrons. The van der Waals surface area contributed by atoms with E-state index in [-0.39, 0.29) is 11.4 Å². The number of nitrogens with one attached hydrogen (secondary N) is 3. The number of non-ortho nitro benzene ring substituents is 1. The molecule has 0 saturated heterocycles. The van der Waals surface area contributed by atoms with Crippen molar-refractivity contribution in [2.45, 2.75) is 0 Å². The molecule has 0 aliphatic heterocycles. The number of hydrogen-bond donors (Lipinski definition) is 3. The van der Waals surface area contributed by atoms with Crippen LogP contribution in [0.4, 0.5) is 5.69 Å². The number of amides is 3. The largest absolute Gasteiger partial charge is 0.317 e. The summed E-state index contributed by atoms with van der Waals surface area (Å²) >= 11 is 0. The zero-order valence-corrected chi connectivity index (χ0v) is 16.6. The summed E-state index contributed by atoms with van der Waals surface area (Å²) in [5.74, 6) is -1.86. The van der Waals surface area contributed by atoms with Crippen molar-refractivity contribution in [1.29, 1.82) is 0 Å². The number of benzene rings is 3. The van der Waals surface area contributed by atoms with Gasteiger partial charge in [-0.15, -0.1) is 0 Å². The maximum Gasteiger partial charge on any atom is 0.286 e. The van der Waals surface area contributed by atoms with Crippen molar-refractivity contribution in [2.24, 2.45) is 0 Å². The minimum atomic E-state index is -0.781. The maximum absolute atomic E-state index is 12.7. The van der Waals surface area contributed by atoms with Crippen molar-refractivity contribution < 1.29 is 19.3 Å². The molecule has 3 aromatic carbocycles. The maximum atomic E-state index is 12.7. The van der Waals surface area contributed by atoms with Crippen molar-refractivity contribution in [3.63, 3.8) is 0 Å². The van der Waals surface area contributed by atoms with Gasteiger partial charge in [0.15, 0.2) is 0 Å². The van der Waals surface area contributed by atoms with Crippen LogP contribution in [-0.4, -0.2) is 22.6 Å². The van der Waals surface area contributed by atoms with Gasteiger partial charge in [0, 0.05) is 23.3 Å². The third-order valence-electron chi connectivity index (χ3n) is 4.27. The zero-order chi connectivity index (χ0) is 22.9. The molecule has 9 heteroatoms. The Morgan fingerprint density at radius 1 is 0.719 bits per heavy atom. The highest BCUT2D eigenvalue weighted by molar-refractivity contribution is 6.06. The molecular weight excluding hydrogens is 412 g/mol. The van der Waals surface area contributed by atoms with E-state index >= 15 is 0 Å². The van der Waals surface area contributed by atoms with Crippen LogP contribution in [0.5, 0.6) is 0 Å². The van der Waals surface area contributed by atoms with E-state index in [0.29, 0.717) is 16.7 Å². The average Bonchev–Trinajstić information content (AvgIpc) is 2.83. The van der Waals surface area contributed by atoms with Crippen LogP contribution in [0, 0.1) is 10.1 Å². The fraction of sp³-hybridized carbons (Fsp3) is 0. The van der Waals surface area contributed by atoms with Crippen LogP contribution in [0.15, 0.2) is 90.6 Å². The molecule has 3 N–H and O–H groups in total. The minimum Gasteiger partial charge on any atom is -0.317 e. The number of hydrogen-bond acceptors (Lipinski definition) is 5. The second-order valence-electron chi connectivity index (χ2n) is 6.50. The molecule has 0 saturated carbocycles. The lowest BCUT2D eigenvalue weighted by Gasteiger charge is -2.12. The van der Waals surface area contributed by atoms with E-state index in [1.54, 1.807) is 60.7 Å². The highest BCUT2D eigenvalue weighted by atomic mass is 16.6. The number of hydrazine groups is 1. The van der Waals surface area contributed by atoms with E-state index in [2.05, 4.69) is 16.2 Å². The molecular formula is C23H18N4O5. The summed E-state index contributed by atoms with van der Waals surface area (Å²) in [5.41, 5.74) is 5.35. The van der Waals surface area contributed by atoms with Gasteiger partial charge < -0.3 is 5.32 Å². The SMILES string of the molecule is O=C(NNC(=O)c1ccccc1)/C(=C\c1ccc([N+](=O)[O-])cc1)NC(=O)c1ccccc1. The molecule has 0 aliphatic rings. The van der Waals surface area contributed by atoms with Crippen molar-refractivity contribution in [3.05, 3.63) is 117 Å². The van der Waals surface area contributed by atoms with Gasteiger partial charge in [-0.1, -0.05) is 36.4 Å². The lowest BCUT2D eigenvalue weighted by atomic mass is 10.1. The Morgan fingerprint density at radius 2 is 1.25 bits per heavy atom. The lowest BCUT2D eigenvalue weighted by molar-refractivity contribution is -0.384. The summed E-state index contributed by atoms with van der Waals surface area (Å²) in [5, 5.41) is 13.3. The second kappa shape index (κ2) is 10.3. The number of rotatable bonds is 6. The van der Waals surface area contributed by atoms with Crippen LogP contribution >= 0.6 is 0 Å². The van der Waals surface area contributed by atoms with E-state index < -0.39 is 22.6 Å². The normalized spacial score (nSPS) is 10.7. The standard InChI is InChI=1S/C23H18N4O5/c28-21(17-7-3-1-4-8-17)24-20(15-16-11-13-19(14-12-16)27(31)32)23(30)26-25-22(29)18-9-5-2-6-10-18/h1-15H,(H,24,28)(H,25,29)(H,26,30)/b20-15+. The molecule has 0 bridgehead atoms. The molecule has 0 spiro atoms. The Bertz CT molecular complexity index is 1160. The molecule has 3 rings (SSSR count). The molecule has 0 atom stereocenters. The number of carbonyl (C=O) groups is 3. The first-order chi connectivity index (χ1) is 15.4. The molecule has 0 heterocycles. The quantitative estimate of drug-likeness (QED) is 0.314. The Balaban J connectivity index is 1.80. The third kappa shape index (κ3) is 5.86. The van der Waals surface area contributed by atoms with Gasteiger partial charge in [0.1, 0.15) is 5.70 Å². The molecule has 160 valence electrons. The fourth-order valence-electron chi connectivity index (χ4n) is 2.64. The number of nitro benzene ring substituents is 1. The zero-order valence-electron chi connectivity index (χ0n) is 16.6. The Hall–Kier alpha value is -4.79. The first-order valence-corrected chi connectivity index (χ1v) is 9.42. The van der Waals surface area contributed by atoms with Crippen LogP contribution in [0.1, 0.15) is 26.3 Å². The summed E-state index contributed by atoms with van der Waals surface area (Å²) in [6.45, 7) is 0. The lowest BCUT2D eigenvalue weighted by Crippen LogP contribution is -2.45. The van der Waals surface area contributed by atoms with E-state index in [1.807, 2.05) is 0 Å². The van der Waals surface area contributed by atoms with Gasteiger partial charge in [0.05, 0.1) is 4.92 Å². The summed E-state index contributed by atoms with van der Waals surface area (Å²) in [4.78, 5) is 47.7. The number of carbonyl (C=O) groups excluding carboxylic acids is 3. The van der Waals surface area contributed by atoms with Gasteiger partial charge in [0.25, 0.3) is 23.4 Å². The van der Waals surface area contributed by atoms with Gasteiger partial charge in [-0.25, -0.2) is 0 Å². The van der Waals surface area contributed by atoms with E-state index in [0.717, 1.165) is 0 Å². The predicted molar refractivity (Wildman–Crippen MR) is 117 cm³/mol. The summed E-state index contributed by atoms with van der Waals surface area (Å²) in [7, 11) is 0. The highest BCUT2D eigenvalue weighted by Crippen LogP contribution is 2.14. The van der Waals surface area contributed by atoms with Crippen molar-refractivity contribution in [1.82, 2.24) is 16.2 Å². The summed E-state index contributed by atoms with van der Waals surface area (Å²) in [6, 6.07) is 21.9. The van der Waals surface area contributed by atoms with Crippen molar-refractivity contribution in [3.8, 4) is 0 Å². The van der Waals surface area contributed by atoms with Crippen LogP contribution in [0.3, 0.4) is 0 Å². The smallest absolute Gasteiger partial charge is 0.286 e. The van der Waals surface area contributed by atoms with Crippen LogP contribution < -0.4 is 16.2 Å². The van der Waals surface area contributed by atoms with Gasteiger partial charge >= 0.3 is 0 Å². The van der Waals surface area contributed by atoms with Crippen molar-refractivity contribution in [2.75, 3.05) is 0 Å². The monoisotopic (exact) mass is 430 g/mol. The summed E-state index contributed by atoms with van der Waals surface area (Å²) < 4.78 is 0. The molecule has 3 aromatic rings. The molecule has 0 fully saturated rings. The Labute approximate surface area is 182 Å². The van der Waals surface area contributed by atoms with Crippen LogP contribution in [0.2, 0.25) is 0 Å². The third-order valence-corrected chi connectivity index (χ3v) is 4.27. The Kier molecular flexibility index (Phi) is 7.05. The van der Waals surface area contributed by atoms with Gasteiger partial charge in [-0.2, -0.15) is 0 Å². The van der Waals surface area contributed by atoms with Crippen molar-refractivity contribution >= 4 is 29.5 Å². The first kappa shape index (κ1) is 21.9. The minimum absolute atomic E-state index is 0.114. The Morgan fingerprint density at radius 3 is 1.78 bits per heavy atom. The van der Waals surface area contributed by atoms with Gasteiger partial charge in [-0.05, 0) is 48.0 Å². The molecule has 0 aromatic heterocycles. The molecule has 9 nitrogen and oxygen atoms in total. The second-order valence-corrected chi connectivity index (χ2v) is 6.50. The van der Waals surface area contributed by atoms with Gasteiger partial charge in [-0.3, -0.25) is 35.3 Å². The highest BCUT2D eigenvalue weighted by Gasteiger charge is 2.16. The number of nitrogens with zero attached hydrogens (tertiary/aromatic N) is 1. The van der Waals surface area contributed by atoms with Gasteiger partial charge in [0.2, 0.25) is 0 Å². The molecule has 3 amide bonds. The average molecular weight is 430 g/mol. The van der Waals surface area contributed by atoms with E-state index in [9.17, 15) is 24.5 Å². The predicted octanol–water partition coefficient (Wildman–Crippen LogP) is 2.83. The fourth-order valence-corrected chi connectivity index (χ4v) is 2.64. The summed E-state index contributed by atoms with van der Waals surface area (Å²) in [6.07, 6.45) is 1.34. The van der Waals surface area contributed by atoms with E-state index in [1.165, 1.54) is 30.3 Å². The molecule has 32 heavy (non-hydrogen) atoms. The van der Waals surface area contributed by atoms with Crippen LogP contribution in [-0.2, 0) is 4.79 Å². The molecule has 0 aliphatic carbocycles. The van der Waals surface area contributed by atoms with E-state index in [4.69, 9.17) is 0 Å². The van der Waals surface area contributed by atoms with Crippen LogP contribution in [0.25, 0.3) is 6.08 Å². The topological polar surface area (TPSA) is 130 Å². The molecule has 0 unspecified atom stereocenters.